The van der Waals surface area contributed by atoms with Gasteiger partial charge in [0.15, 0.2) is 22.6 Å². The number of halogens is 16. The minimum atomic E-state index is -4.77. The molecule has 19 rings (SSSR count). The molecule has 15 aromatic rings. The highest BCUT2D eigenvalue weighted by Gasteiger charge is 2.44. The summed E-state index contributed by atoms with van der Waals surface area (Å²) in [4.78, 5) is 129. The molecule has 0 radical (unpaired) electrons. The number of para-hydroxylation sites is 1. The average Bonchev–Trinajstić information content (AvgIpc) is 1.52. The predicted molar refractivity (Wildman–Crippen MR) is 493 cm³/mol. The Morgan fingerprint density at radius 2 is 0.733 bits per heavy atom. The van der Waals surface area contributed by atoms with Crippen molar-refractivity contribution in [1.82, 2.24) is 97.3 Å². The van der Waals surface area contributed by atoms with Crippen LogP contribution in [0.5, 0.6) is 5.75 Å². The molecule has 4 fully saturated rings. The highest BCUT2D eigenvalue weighted by Crippen LogP contribution is 2.41. The Hall–Kier alpha value is -16.4. The SMILES string of the molecule is C[C@H]1CN(C(=O)c2cn3nc(-c4ccc(F)cc4)cc(C(F)(F)F)c3n2)CCN1C(=O)OCC(C)(C)C.C[C@H]1CN(C(=O)c2cn3nc(-c4ccc(F)cc4)cc(C(F)(F)F)c3n2)CCN1C(=O)Oc1ccccc1.NC(=O)C1CCCCN1C(=O)c1cn2nc(-c3ccc(F)cc3)cc(C(F)(F)F)c2n1.O=C(c1cn2nc(-c3ccc(F)cc3)cc(C(F)(F)F)c2n1)N1CCC(n2cc(-c3ccccc3)[nH]c2=O)CC1. The van der Waals surface area contributed by atoms with Crippen LogP contribution in [-0.4, -0.2) is 223 Å². The largest absolute Gasteiger partial charge is 0.449 e. The van der Waals surface area contributed by atoms with Gasteiger partial charge >= 0.3 is 42.6 Å². The van der Waals surface area contributed by atoms with E-state index in [-0.39, 0.29) is 143 Å². The van der Waals surface area contributed by atoms with Gasteiger partial charge in [-0.1, -0.05) is 69.3 Å². The first-order valence-electron chi connectivity index (χ1n) is 45.4. The maximum Gasteiger partial charge on any atom is 0.420 e. The highest BCUT2D eigenvalue weighted by molar-refractivity contribution is 5.97. The fraction of sp³-hybridized carbons (Fsp3) is 0.293. The normalized spacial score (nSPS) is 16.1. The number of fused-ring (bicyclic) bond motifs is 4. The number of alkyl halides is 12. The number of likely N-dealkylation sites (tertiary alicyclic amines) is 2. The lowest BCUT2D eigenvalue weighted by atomic mass is 9.99. The predicted octanol–water partition coefficient (Wildman–Crippen LogP) is 18.0. The number of amides is 7. The number of piperazine rings is 2. The topological polar surface area (TPSA) is 342 Å². The molecule has 31 nitrogen and oxygen atoms in total. The number of ether oxygens (including phenoxy) is 2. The number of hydrogen-bond acceptors (Lipinski definition) is 18. The number of rotatable bonds is 13. The second kappa shape index (κ2) is 41.5. The number of nitrogens with one attached hydrogen (secondary N) is 1. The molecule has 0 aliphatic carbocycles. The van der Waals surface area contributed by atoms with Crippen LogP contribution in [0.25, 0.3) is 78.9 Å². The first-order valence-corrected chi connectivity index (χ1v) is 45.4. The van der Waals surface area contributed by atoms with Crippen molar-refractivity contribution >= 4 is 64.3 Å². The number of primary amides is 1. The molecule has 3 N–H and O–H groups in total. The molecular weight excluding hydrogens is 1950 g/mol. The third-order valence-electron chi connectivity index (χ3n) is 24.3. The molecule has 9 aromatic heterocycles. The lowest BCUT2D eigenvalue weighted by molar-refractivity contribution is -0.137. The number of piperidine rings is 2. The molecule has 4 aliphatic heterocycles. The van der Waals surface area contributed by atoms with E-state index < -0.39 is 147 Å². The number of hydrogen-bond donors (Lipinski definition) is 2. The summed E-state index contributed by atoms with van der Waals surface area (Å²) < 4.78 is 235. The van der Waals surface area contributed by atoms with Crippen molar-refractivity contribution in [2.45, 2.75) is 116 Å². The van der Waals surface area contributed by atoms with Gasteiger partial charge in [0, 0.05) is 105 Å². The molecule has 760 valence electrons. The molecule has 0 spiro atoms. The van der Waals surface area contributed by atoms with E-state index in [0.717, 1.165) is 115 Å². The molecule has 7 amide bonds. The number of aromatic nitrogens is 14. The minimum absolute atomic E-state index is 0.0381. The van der Waals surface area contributed by atoms with Gasteiger partial charge in [-0.3, -0.25) is 28.5 Å². The summed E-state index contributed by atoms with van der Waals surface area (Å²) in [7, 11) is 0. The van der Waals surface area contributed by atoms with E-state index in [9.17, 15) is 109 Å². The van der Waals surface area contributed by atoms with Crippen molar-refractivity contribution < 1.29 is 113 Å². The van der Waals surface area contributed by atoms with Crippen LogP contribution in [-0.2, 0) is 34.2 Å². The number of carbonyl (C=O) groups is 7. The maximum atomic E-state index is 13.9. The van der Waals surface area contributed by atoms with Crippen molar-refractivity contribution in [3.8, 4) is 62.0 Å². The van der Waals surface area contributed by atoms with Crippen molar-refractivity contribution in [3.63, 3.8) is 0 Å². The summed E-state index contributed by atoms with van der Waals surface area (Å²) >= 11 is 0. The number of aromatic amines is 1. The van der Waals surface area contributed by atoms with Crippen molar-refractivity contribution in [3.05, 3.63) is 292 Å². The standard InChI is InChI=1S/C28H22F4N6O2.C26H21F4N5O3.C25H27F4N5O3.C20H17F4N5O2/c29-19-8-6-18(7-9-19)22-14-21(28(30,31)32)25-33-24(16-38(25)35-22)26(39)36-12-10-20(11-13-36)37-15-23(34-27(37)40)17-4-2-1-3-5-17;1-16-14-33(11-12-34(16)25(37)38-19-5-3-2-4-6-19)24(36)22-15-35-23(31-22)20(26(28,29)30)13-21(32-35)17-7-9-18(27)10-8-17;1-15-12-32(9-10-33(15)23(36)37-14-24(2,3)4)22(35)20-13-34-21(30-20)18(25(27,28)29)11-19(31-34)16-5-7-17(26)8-6-16;21-12-6-4-11(5-7-12)14-9-13(20(22,23)24)18-26-15(10-29(18)27-14)19(31)28-8-2-1-3-16(28)17(25)30/h1-9,14-16,20H,10-13H2,(H,34,40);2-10,13,15-16H,11-12,14H2,1H3;5-8,11,13,15H,9-10,12,14H2,1-4H3;4-7,9-10,16H,1-3,8H2,(H2,25,30)/t;16-;15-;/m.00./s1. The van der Waals surface area contributed by atoms with E-state index in [0.29, 0.717) is 56.6 Å². The van der Waals surface area contributed by atoms with Crippen LogP contribution < -0.4 is 16.2 Å². The van der Waals surface area contributed by atoms with Gasteiger partial charge in [-0.05, 0) is 190 Å². The molecule has 146 heavy (non-hydrogen) atoms. The zero-order valence-electron chi connectivity index (χ0n) is 77.8. The monoisotopic (exact) mass is 2030 g/mol. The van der Waals surface area contributed by atoms with E-state index >= 15 is 0 Å². The molecule has 47 heteroatoms. The zero-order valence-corrected chi connectivity index (χ0v) is 77.8. The van der Waals surface area contributed by atoms with Gasteiger partial charge in [0.25, 0.3) is 23.6 Å². The van der Waals surface area contributed by atoms with E-state index in [1.807, 2.05) is 51.1 Å². The number of H-pyrrole nitrogens is 1. The second-order valence-corrected chi connectivity index (χ2v) is 35.9. The van der Waals surface area contributed by atoms with E-state index in [4.69, 9.17) is 15.2 Å². The lowest BCUT2D eigenvalue weighted by Gasteiger charge is -2.39. The molecular formula is C99H87F16N21O10. The van der Waals surface area contributed by atoms with Crippen LogP contribution in [0.3, 0.4) is 0 Å². The number of imidazole rings is 5. The first-order chi connectivity index (χ1) is 69.1. The third kappa shape index (κ3) is 23.2. The average molecular weight is 2030 g/mol. The summed E-state index contributed by atoms with van der Waals surface area (Å²) in [5, 5.41) is 16.7. The molecule has 6 aromatic carbocycles. The van der Waals surface area contributed by atoms with Crippen LogP contribution in [0.15, 0.2) is 218 Å². The lowest BCUT2D eigenvalue weighted by Crippen LogP contribution is -2.56. The molecule has 0 saturated carbocycles. The van der Waals surface area contributed by atoms with E-state index in [2.05, 4.69) is 45.3 Å². The molecule has 4 aliphatic rings. The Morgan fingerprint density at radius 1 is 0.390 bits per heavy atom. The van der Waals surface area contributed by atoms with Gasteiger partial charge in [0.05, 0.1) is 59.9 Å². The summed E-state index contributed by atoms with van der Waals surface area (Å²) in [5.74, 6) is -4.80. The molecule has 4 saturated heterocycles. The summed E-state index contributed by atoms with van der Waals surface area (Å²) in [5.41, 5.74) is 0.170. The van der Waals surface area contributed by atoms with Crippen LogP contribution >= 0.6 is 0 Å². The Balaban J connectivity index is 0.000000140. The highest BCUT2D eigenvalue weighted by atomic mass is 19.4. The fourth-order valence-corrected chi connectivity index (χ4v) is 16.9. The third-order valence-corrected chi connectivity index (χ3v) is 24.3. The summed E-state index contributed by atoms with van der Waals surface area (Å²) in [6, 6.07) is 39.0. The van der Waals surface area contributed by atoms with E-state index in [1.54, 1.807) is 54.9 Å². The van der Waals surface area contributed by atoms with Gasteiger partial charge in [0.1, 0.15) is 80.1 Å². The van der Waals surface area contributed by atoms with Gasteiger partial charge in [-0.25, -0.2) is 69.9 Å². The Morgan fingerprint density at radius 3 is 1.08 bits per heavy atom. The maximum absolute atomic E-state index is 13.9. The van der Waals surface area contributed by atoms with Crippen molar-refractivity contribution in [1.29, 1.82) is 0 Å². The first kappa shape index (κ1) is 102. The van der Waals surface area contributed by atoms with Crippen LogP contribution in [0.2, 0.25) is 0 Å². The van der Waals surface area contributed by atoms with Crippen LogP contribution in [0, 0.1) is 28.7 Å². The van der Waals surface area contributed by atoms with Crippen LogP contribution in [0.4, 0.5) is 79.8 Å². The smallest absolute Gasteiger partial charge is 0.420 e. The Kier molecular flexibility index (Phi) is 29.1. The summed E-state index contributed by atoms with van der Waals surface area (Å²) in [6.45, 7) is 11.4. The van der Waals surface area contributed by atoms with Crippen LogP contribution in [0.1, 0.15) is 137 Å². The number of nitrogens with two attached hydrogens (primary N) is 1. The fourth-order valence-electron chi connectivity index (χ4n) is 16.9. The Labute approximate surface area is 817 Å². The number of nitrogens with zero attached hydrogens (tertiary/aromatic N) is 19. The van der Waals surface area contributed by atoms with Crippen molar-refractivity contribution in [2.75, 3.05) is 65.5 Å². The van der Waals surface area contributed by atoms with Gasteiger partial charge in [0.2, 0.25) is 5.91 Å². The Bertz CT molecular complexity index is 7450. The summed E-state index contributed by atoms with van der Waals surface area (Å²) in [6.07, 6.45) is -11.1. The zero-order chi connectivity index (χ0) is 105. The molecule has 0 bridgehead atoms. The molecule has 13 heterocycles. The van der Waals surface area contributed by atoms with Gasteiger partial charge < -0.3 is 49.6 Å². The number of benzene rings is 6. The van der Waals surface area contributed by atoms with Crippen molar-refractivity contribution in [2.24, 2.45) is 11.1 Å². The molecule has 3 atom stereocenters. The second-order valence-electron chi connectivity index (χ2n) is 35.9. The van der Waals surface area contributed by atoms with Gasteiger partial charge in [-0.2, -0.15) is 73.1 Å². The molecule has 1 unspecified atom stereocenters. The minimum Gasteiger partial charge on any atom is -0.449 e. The van der Waals surface area contributed by atoms with Gasteiger partial charge in [-0.15, -0.1) is 0 Å². The quantitative estimate of drug-likeness (QED) is 0.101. The van der Waals surface area contributed by atoms with E-state index in [1.165, 1.54) is 84.1 Å². The number of carbonyl (C=O) groups excluding carboxylic acids is 7.